The molecule has 0 aromatic heterocycles. The van der Waals surface area contributed by atoms with Crippen LogP contribution in [0.25, 0.3) is 0 Å². The van der Waals surface area contributed by atoms with Gasteiger partial charge in [0.25, 0.3) is 0 Å². The minimum Gasteiger partial charge on any atom is -0.493 e. The zero-order valence-electron chi connectivity index (χ0n) is 15.3. The van der Waals surface area contributed by atoms with Crippen molar-refractivity contribution >= 4 is 35.1 Å². The number of methoxy groups -OCH3 is 1. The first-order valence-electron chi connectivity index (χ1n) is 8.27. The number of hydrogen-bond donors (Lipinski definition) is 1. The van der Waals surface area contributed by atoms with Crippen LogP contribution in [0.5, 0.6) is 5.75 Å². The van der Waals surface area contributed by atoms with Crippen LogP contribution in [0.15, 0.2) is 18.2 Å². The van der Waals surface area contributed by atoms with E-state index in [2.05, 4.69) is 5.32 Å². The van der Waals surface area contributed by atoms with E-state index in [1.165, 1.54) is 7.11 Å². The number of amides is 2. The largest absolute Gasteiger partial charge is 0.493 e. The smallest absolute Gasteiger partial charge is 0.417 e. The maximum absolute atomic E-state index is 12.6. The normalized spacial score (nSPS) is 17.9. The summed E-state index contributed by atoms with van der Waals surface area (Å²) in [5.74, 6) is -1.33. The predicted molar refractivity (Wildman–Crippen MR) is 97.6 cm³/mol. The Labute approximate surface area is 157 Å². The second kappa shape index (κ2) is 7.95. The van der Waals surface area contributed by atoms with Crippen molar-refractivity contribution in [1.29, 1.82) is 0 Å². The third kappa shape index (κ3) is 4.66. The molecule has 1 atom stereocenters. The Hall–Kier alpha value is -2.28. The van der Waals surface area contributed by atoms with Gasteiger partial charge in [0.05, 0.1) is 17.8 Å². The maximum atomic E-state index is 12.6. The molecule has 1 aliphatic rings. The van der Waals surface area contributed by atoms with Gasteiger partial charge in [0.2, 0.25) is 5.91 Å². The van der Waals surface area contributed by atoms with Crippen molar-refractivity contribution in [2.75, 3.05) is 25.5 Å². The Kier molecular flexibility index (Phi) is 6.13. The molecule has 0 bridgehead atoms. The van der Waals surface area contributed by atoms with Crippen LogP contribution in [-0.2, 0) is 14.3 Å². The second-order valence-corrected chi connectivity index (χ2v) is 7.35. The molecule has 8 heteroatoms. The molecule has 1 N–H and O–H groups in total. The number of carbonyl (C=O) groups is 3. The summed E-state index contributed by atoms with van der Waals surface area (Å²) < 4.78 is 10.5. The molecule has 1 fully saturated rings. The van der Waals surface area contributed by atoms with Gasteiger partial charge in [0, 0.05) is 19.5 Å². The van der Waals surface area contributed by atoms with Crippen LogP contribution in [0.1, 0.15) is 27.2 Å². The van der Waals surface area contributed by atoms with Gasteiger partial charge in [-0.3, -0.25) is 9.59 Å². The Morgan fingerprint density at radius 3 is 2.65 bits per heavy atom. The second-order valence-electron chi connectivity index (χ2n) is 6.94. The molecular formula is C18H23ClN2O5. The number of benzene rings is 1. The van der Waals surface area contributed by atoms with Crippen LogP contribution in [0.4, 0.5) is 10.5 Å². The van der Waals surface area contributed by atoms with Gasteiger partial charge in [-0.25, -0.2) is 9.69 Å². The topological polar surface area (TPSA) is 84.9 Å². The van der Waals surface area contributed by atoms with Crippen molar-refractivity contribution in [2.24, 2.45) is 5.92 Å². The van der Waals surface area contributed by atoms with Crippen molar-refractivity contribution in [3.8, 4) is 5.75 Å². The summed E-state index contributed by atoms with van der Waals surface area (Å²) in [6.07, 6.45) is -0.635. The zero-order valence-corrected chi connectivity index (χ0v) is 16.1. The van der Waals surface area contributed by atoms with Gasteiger partial charge in [-0.05, 0) is 32.9 Å². The highest BCUT2D eigenvalue weighted by atomic mass is 35.5. The minimum absolute atomic E-state index is 0.0313. The summed E-state index contributed by atoms with van der Waals surface area (Å²) in [6.45, 7) is 5.22. The van der Waals surface area contributed by atoms with Crippen molar-refractivity contribution < 1.29 is 23.9 Å². The Morgan fingerprint density at radius 1 is 1.35 bits per heavy atom. The summed E-state index contributed by atoms with van der Waals surface area (Å²) in [5.41, 5.74) is -0.157. The molecule has 0 saturated carbocycles. The van der Waals surface area contributed by atoms with Crippen LogP contribution >= 0.6 is 11.6 Å². The van der Waals surface area contributed by atoms with E-state index in [0.29, 0.717) is 16.5 Å². The maximum Gasteiger partial charge on any atom is 0.417 e. The SMILES string of the molecule is COc1c(Cl)cccc1NCC1C(=O)CCN(C(=O)OC(C)(C)C)C1=O. The molecule has 26 heavy (non-hydrogen) atoms. The van der Waals surface area contributed by atoms with Gasteiger partial charge in [-0.15, -0.1) is 0 Å². The molecule has 0 radical (unpaired) electrons. The summed E-state index contributed by atoms with van der Waals surface area (Å²) in [6, 6.07) is 5.13. The number of nitrogens with zero attached hydrogens (tertiary/aromatic N) is 1. The lowest BCUT2D eigenvalue weighted by molar-refractivity contribution is -0.144. The predicted octanol–water partition coefficient (Wildman–Crippen LogP) is 3.11. The van der Waals surface area contributed by atoms with Crippen LogP contribution < -0.4 is 10.1 Å². The lowest BCUT2D eigenvalue weighted by atomic mass is 9.95. The van der Waals surface area contributed by atoms with Crippen LogP contribution in [-0.4, -0.2) is 48.5 Å². The molecule has 2 rings (SSSR count). The number of anilines is 1. The summed E-state index contributed by atoms with van der Waals surface area (Å²) in [7, 11) is 1.48. The molecular weight excluding hydrogens is 360 g/mol. The van der Waals surface area contributed by atoms with E-state index in [1.807, 2.05) is 0 Å². The number of para-hydroxylation sites is 1. The number of likely N-dealkylation sites (tertiary alicyclic amines) is 1. The fraction of sp³-hybridized carbons (Fsp3) is 0.500. The molecule has 1 saturated heterocycles. The van der Waals surface area contributed by atoms with Crippen LogP contribution in [0, 0.1) is 5.92 Å². The van der Waals surface area contributed by atoms with Crippen molar-refractivity contribution in [2.45, 2.75) is 32.8 Å². The molecule has 1 heterocycles. The van der Waals surface area contributed by atoms with Crippen LogP contribution in [0.3, 0.4) is 0 Å². The van der Waals surface area contributed by atoms with E-state index >= 15 is 0 Å². The van der Waals surface area contributed by atoms with E-state index in [-0.39, 0.29) is 25.3 Å². The average Bonchev–Trinajstić information content (AvgIpc) is 2.53. The van der Waals surface area contributed by atoms with Crippen molar-refractivity contribution in [3.63, 3.8) is 0 Å². The molecule has 142 valence electrons. The lowest BCUT2D eigenvalue weighted by Crippen LogP contribution is -2.52. The highest BCUT2D eigenvalue weighted by Gasteiger charge is 2.39. The number of ketones is 1. The Bertz CT molecular complexity index is 714. The number of halogens is 1. The molecule has 0 aliphatic carbocycles. The quantitative estimate of drug-likeness (QED) is 0.805. The van der Waals surface area contributed by atoms with Gasteiger partial charge in [-0.2, -0.15) is 0 Å². The number of ether oxygens (including phenoxy) is 2. The fourth-order valence-corrected chi connectivity index (χ4v) is 2.85. The zero-order chi connectivity index (χ0) is 19.5. The molecule has 0 spiro atoms. The monoisotopic (exact) mass is 382 g/mol. The summed E-state index contributed by atoms with van der Waals surface area (Å²) >= 11 is 6.07. The minimum atomic E-state index is -0.972. The average molecular weight is 383 g/mol. The third-order valence-electron chi connectivity index (χ3n) is 3.82. The Morgan fingerprint density at radius 2 is 2.04 bits per heavy atom. The molecule has 1 aromatic rings. The molecule has 1 unspecified atom stereocenters. The van der Waals surface area contributed by atoms with Gasteiger partial charge in [0.15, 0.2) is 5.75 Å². The van der Waals surface area contributed by atoms with E-state index < -0.39 is 23.5 Å². The standard InChI is InChI=1S/C18H23ClN2O5/c1-18(2,3)26-17(24)21-9-8-14(22)11(16(21)23)10-20-13-7-5-6-12(19)15(13)25-4/h5-7,11,20H,8-10H2,1-4H3. The highest BCUT2D eigenvalue weighted by molar-refractivity contribution is 6.32. The third-order valence-corrected chi connectivity index (χ3v) is 4.11. The van der Waals surface area contributed by atoms with E-state index in [9.17, 15) is 14.4 Å². The van der Waals surface area contributed by atoms with E-state index in [0.717, 1.165) is 4.90 Å². The lowest BCUT2D eigenvalue weighted by Gasteiger charge is -2.31. The first-order chi connectivity index (χ1) is 12.1. The van der Waals surface area contributed by atoms with Gasteiger partial charge >= 0.3 is 6.09 Å². The van der Waals surface area contributed by atoms with Crippen LogP contribution in [0.2, 0.25) is 5.02 Å². The molecule has 7 nitrogen and oxygen atoms in total. The van der Waals surface area contributed by atoms with Gasteiger partial charge in [0.1, 0.15) is 17.3 Å². The number of hydrogen-bond acceptors (Lipinski definition) is 6. The number of Topliss-reactive ketones (excluding diaryl/α,β-unsaturated/α-hetero) is 1. The number of rotatable bonds is 4. The molecule has 1 aliphatic heterocycles. The number of nitrogens with one attached hydrogen (secondary N) is 1. The van der Waals surface area contributed by atoms with E-state index in [4.69, 9.17) is 21.1 Å². The van der Waals surface area contributed by atoms with Gasteiger partial charge < -0.3 is 14.8 Å². The number of piperidine rings is 1. The molecule has 2 amide bonds. The first-order valence-corrected chi connectivity index (χ1v) is 8.65. The fourth-order valence-electron chi connectivity index (χ4n) is 2.60. The highest BCUT2D eigenvalue weighted by Crippen LogP contribution is 2.32. The molecule has 1 aromatic carbocycles. The summed E-state index contributed by atoms with van der Waals surface area (Å²) in [4.78, 5) is 38.0. The van der Waals surface area contributed by atoms with Crippen molar-refractivity contribution in [1.82, 2.24) is 4.90 Å². The van der Waals surface area contributed by atoms with Gasteiger partial charge in [-0.1, -0.05) is 17.7 Å². The van der Waals surface area contributed by atoms with E-state index in [1.54, 1.807) is 39.0 Å². The summed E-state index contributed by atoms with van der Waals surface area (Å²) in [5, 5.41) is 3.42. The number of imide groups is 1. The Balaban J connectivity index is 2.11. The first kappa shape index (κ1) is 20.0. The number of carbonyl (C=O) groups excluding carboxylic acids is 3. The van der Waals surface area contributed by atoms with Crippen molar-refractivity contribution in [3.05, 3.63) is 23.2 Å².